The molecule has 0 fully saturated rings. The summed E-state index contributed by atoms with van der Waals surface area (Å²) in [5.74, 6) is -0.547. The van der Waals surface area contributed by atoms with E-state index in [1.54, 1.807) is 0 Å². The van der Waals surface area contributed by atoms with Crippen molar-refractivity contribution in [2.24, 2.45) is 0 Å². The van der Waals surface area contributed by atoms with Gasteiger partial charge in [-0.25, -0.2) is 0 Å². The molecule has 0 radical (unpaired) electrons. The summed E-state index contributed by atoms with van der Waals surface area (Å²) in [5, 5.41) is 12.5. The molecule has 0 saturated heterocycles. The molecule has 174 valence electrons. The van der Waals surface area contributed by atoms with Crippen LogP contribution in [0, 0.1) is 11.3 Å². The molecule has 0 aliphatic heterocycles. The fraction of sp³-hybridized carbons (Fsp3) is 0.0833. The van der Waals surface area contributed by atoms with Gasteiger partial charge in [0, 0.05) is 11.6 Å². The van der Waals surface area contributed by atoms with E-state index in [1.807, 2.05) is 36.4 Å². The highest BCUT2D eigenvalue weighted by molar-refractivity contribution is 9.10. The van der Waals surface area contributed by atoms with Crippen molar-refractivity contribution in [2.75, 3.05) is 7.11 Å². The zero-order chi connectivity index (χ0) is 24.7. The van der Waals surface area contributed by atoms with E-state index < -0.39 is 16.0 Å². The normalized spacial score (nSPS) is 11.4. The minimum Gasteiger partial charge on any atom is -0.493 e. The number of carbonyl (C=O) groups is 1. The minimum absolute atomic E-state index is 0.0818. The second-order valence-corrected chi connectivity index (χ2v) is 9.70. The third-order valence-corrected chi connectivity index (χ3v) is 6.60. The Kier molecular flexibility index (Phi) is 8.34. The van der Waals surface area contributed by atoms with E-state index in [0.29, 0.717) is 10.6 Å². The summed E-state index contributed by atoms with van der Waals surface area (Å²) in [5.41, 5.74) is 1.18. The maximum Gasteiger partial charge on any atom is 0.339 e. The number of hydrogen-bond donors (Lipinski definition) is 1. The van der Waals surface area contributed by atoms with Crippen molar-refractivity contribution in [2.45, 2.75) is 11.4 Å². The van der Waals surface area contributed by atoms with E-state index in [4.69, 9.17) is 20.5 Å². The van der Waals surface area contributed by atoms with Crippen molar-refractivity contribution < 1.29 is 22.1 Å². The van der Waals surface area contributed by atoms with Crippen molar-refractivity contribution in [1.82, 2.24) is 5.32 Å². The molecular formula is C24H18BrClN2O5S. The molecule has 0 atom stereocenters. The Labute approximate surface area is 210 Å². The van der Waals surface area contributed by atoms with E-state index in [1.165, 1.54) is 49.6 Å². The number of amides is 1. The summed E-state index contributed by atoms with van der Waals surface area (Å²) < 4.78 is 36.2. The fourth-order valence-corrected chi connectivity index (χ4v) is 4.58. The maximum atomic E-state index is 12.7. The number of ether oxygens (including phenoxy) is 1. The molecule has 10 heteroatoms. The number of hydrogen-bond acceptors (Lipinski definition) is 6. The van der Waals surface area contributed by atoms with E-state index in [2.05, 4.69) is 21.2 Å². The monoisotopic (exact) mass is 560 g/mol. The highest BCUT2D eigenvalue weighted by Crippen LogP contribution is 2.39. The van der Waals surface area contributed by atoms with Crippen LogP contribution in [-0.4, -0.2) is 21.4 Å². The first kappa shape index (κ1) is 25.3. The Balaban J connectivity index is 1.85. The van der Waals surface area contributed by atoms with E-state index in [9.17, 15) is 18.5 Å². The van der Waals surface area contributed by atoms with Crippen LogP contribution in [0.1, 0.15) is 11.1 Å². The van der Waals surface area contributed by atoms with E-state index >= 15 is 0 Å². The van der Waals surface area contributed by atoms with Crippen LogP contribution in [-0.2, 0) is 21.5 Å². The second kappa shape index (κ2) is 11.2. The quantitative estimate of drug-likeness (QED) is 0.233. The van der Waals surface area contributed by atoms with Gasteiger partial charge in [0.15, 0.2) is 11.5 Å². The third kappa shape index (κ3) is 6.38. The van der Waals surface area contributed by atoms with E-state index in [0.717, 1.165) is 5.56 Å². The van der Waals surface area contributed by atoms with Gasteiger partial charge in [-0.05, 0) is 69.5 Å². The van der Waals surface area contributed by atoms with Crippen molar-refractivity contribution in [1.29, 1.82) is 5.26 Å². The Morgan fingerprint density at radius 1 is 1.15 bits per heavy atom. The van der Waals surface area contributed by atoms with Crippen LogP contribution in [0.25, 0.3) is 6.08 Å². The molecule has 1 N–H and O–H groups in total. The van der Waals surface area contributed by atoms with Crippen LogP contribution in [0.5, 0.6) is 11.5 Å². The molecular weight excluding hydrogens is 544 g/mol. The summed E-state index contributed by atoms with van der Waals surface area (Å²) in [7, 11) is -2.83. The van der Waals surface area contributed by atoms with Crippen molar-refractivity contribution in [3.8, 4) is 17.6 Å². The molecule has 0 aliphatic carbocycles. The Morgan fingerprint density at radius 2 is 1.82 bits per heavy atom. The lowest BCUT2D eigenvalue weighted by Crippen LogP contribution is -2.23. The Bertz CT molecular complexity index is 1370. The molecule has 0 aliphatic rings. The predicted octanol–water partition coefficient (Wildman–Crippen LogP) is 5.10. The largest absolute Gasteiger partial charge is 0.493 e. The first-order valence-corrected chi connectivity index (χ1v) is 12.3. The summed E-state index contributed by atoms with van der Waals surface area (Å²) in [6.45, 7) is 0.265. The Hall–Kier alpha value is -3.32. The average Bonchev–Trinajstić information content (AvgIpc) is 2.83. The molecule has 3 rings (SSSR count). The number of nitrogens with one attached hydrogen (secondary N) is 1. The first-order chi connectivity index (χ1) is 16.2. The number of nitrogens with zero attached hydrogens (tertiary/aromatic N) is 1. The van der Waals surface area contributed by atoms with Crippen molar-refractivity contribution >= 4 is 49.6 Å². The smallest absolute Gasteiger partial charge is 0.339 e. The number of carbonyl (C=O) groups excluding carboxylic acids is 1. The molecule has 0 unspecified atom stereocenters. The first-order valence-electron chi connectivity index (χ1n) is 9.75. The predicted molar refractivity (Wildman–Crippen MR) is 132 cm³/mol. The molecule has 1 amide bonds. The van der Waals surface area contributed by atoms with Crippen molar-refractivity contribution in [3.05, 3.63) is 92.9 Å². The van der Waals surface area contributed by atoms with Gasteiger partial charge in [-0.2, -0.15) is 13.7 Å². The van der Waals surface area contributed by atoms with Crippen LogP contribution in [0.3, 0.4) is 0 Å². The zero-order valence-electron chi connectivity index (χ0n) is 17.8. The van der Waals surface area contributed by atoms with Gasteiger partial charge >= 0.3 is 10.1 Å². The van der Waals surface area contributed by atoms with Crippen LogP contribution in [0.15, 0.2) is 81.7 Å². The summed E-state index contributed by atoms with van der Waals surface area (Å²) in [6, 6.07) is 19.6. The van der Waals surface area contributed by atoms with Gasteiger partial charge in [-0.1, -0.05) is 41.9 Å². The Morgan fingerprint density at radius 3 is 2.44 bits per heavy atom. The molecule has 0 heterocycles. The SMILES string of the molecule is COc1cc(/C=C(\C#N)C(=O)NCc2ccccc2)cc(Br)c1OS(=O)(=O)c1ccc(Cl)cc1. The van der Waals surface area contributed by atoms with Crippen LogP contribution < -0.4 is 14.2 Å². The van der Waals surface area contributed by atoms with E-state index in [-0.39, 0.29) is 33.0 Å². The van der Waals surface area contributed by atoms with Gasteiger partial charge in [0.1, 0.15) is 16.5 Å². The molecule has 3 aromatic rings. The minimum atomic E-state index is -4.17. The van der Waals surface area contributed by atoms with Gasteiger partial charge in [0.05, 0.1) is 11.6 Å². The molecule has 34 heavy (non-hydrogen) atoms. The lowest BCUT2D eigenvalue weighted by atomic mass is 10.1. The standard InChI is InChI=1S/C24H18BrClN2O5S/c1-32-22-13-17(11-18(14-27)24(29)28-15-16-5-3-2-4-6-16)12-21(25)23(22)33-34(30,31)20-9-7-19(26)8-10-20/h2-13H,15H2,1H3,(H,28,29)/b18-11+. The maximum absolute atomic E-state index is 12.7. The van der Waals surface area contributed by atoms with Crippen LogP contribution in [0.4, 0.5) is 0 Å². The average molecular weight is 562 g/mol. The summed E-state index contributed by atoms with van der Waals surface area (Å²) in [4.78, 5) is 12.4. The van der Waals surface area contributed by atoms with Gasteiger partial charge in [-0.3, -0.25) is 4.79 Å². The number of methoxy groups -OCH3 is 1. The fourth-order valence-electron chi connectivity index (χ4n) is 2.85. The summed E-state index contributed by atoms with van der Waals surface area (Å²) in [6.07, 6.45) is 1.37. The molecule has 0 saturated carbocycles. The van der Waals surface area contributed by atoms with Crippen LogP contribution in [0.2, 0.25) is 5.02 Å². The van der Waals surface area contributed by atoms with Gasteiger partial charge < -0.3 is 14.2 Å². The summed E-state index contributed by atoms with van der Waals surface area (Å²) >= 11 is 9.10. The topological polar surface area (TPSA) is 105 Å². The molecule has 0 bridgehead atoms. The number of benzene rings is 3. The number of nitriles is 1. The molecule has 0 spiro atoms. The van der Waals surface area contributed by atoms with Crippen LogP contribution >= 0.6 is 27.5 Å². The highest BCUT2D eigenvalue weighted by Gasteiger charge is 2.22. The van der Waals surface area contributed by atoms with Gasteiger partial charge in [0.2, 0.25) is 0 Å². The number of rotatable bonds is 8. The number of halogens is 2. The lowest BCUT2D eigenvalue weighted by Gasteiger charge is -2.13. The highest BCUT2D eigenvalue weighted by atomic mass is 79.9. The van der Waals surface area contributed by atoms with Crippen molar-refractivity contribution in [3.63, 3.8) is 0 Å². The van der Waals surface area contributed by atoms with Gasteiger partial charge in [-0.15, -0.1) is 0 Å². The van der Waals surface area contributed by atoms with Gasteiger partial charge in [0.25, 0.3) is 5.91 Å². The molecule has 3 aromatic carbocycles. The molecule has 0 aromatic heterocycles. The molecule has 7 nitrogen and oxygen atoms in total. The zero-order valence-corrected chi connectivity index (χ0v) is 20.9. The lowest BCUT2D eigenvalue weighted by molar-refractivity contribution is -0.117. The second-order valence-electron chi connectivity index (χ2n) is 6.86. The third-order valence-electron chi connectivity index (χ3n) is 4.52.